The van der Waals surface area contributed by atoms with E-state index in [1.165, 1.54) is 41.5 Å². The first-order valence-corrected chi connectivity index (χ1v) is 12.1. The van der Waals surface area contributed by atoms with Crippen LogP contribution in [0.1, 0.15) is 54.9 Å². The van der Waals surface area contributed by atoms with Crippen molar-refractivity contribution >= 4 is 0 Å². The van der Waals surface area contributed by atoms with Gasteiger partial charge in [0.2, 0.25) is 6.29 Å². The zero-order valence-corrected chi connectivity index (χ0v) is 19.5. The minimum atomic E-state index is -4.69. The van der Waals surface area contributed by atoms with E-state index in [0.717, 1.165) is 30.4 Å². The average molecular weight is 469 g/mol. The van der Waals surface area contributed by atoms with Gasteiger partial charge in [0.05, 0.1) is 0 Å². The average Bonchev–Trinajstić information content (AvgIpc) is 2.83. The van der Waals surface area contributed by atoms with Crippen molar-refractivity contribution < 1.29 is 22.6 Å². The van der Waals surface area contributed by atoms with Gasteiger partial charge in [-0.25, -0.2) is 0 Å². The molecule has 1 aliphatic heterocycles. The highest BCUT2D eigenvalue weighted by Gasteiger charge is 2.36. The minimum Gasteiger partial charge on any atom is -0.464 e. The molecule has 0 saturated carbocycles. The number of benzene rings is 3. The second-order valence-corrected chi connectivity index (χ2v) is 8.94. The minimum absolute atomic E-state index is 0.192. The predicted molar refractivity (Wildman–Crippen MR) is 129 cm³/mol. The number of halogens is 3. The van der Waals surface area contributed by atoms with Crippen LogP contribution >= 0.6 is 0 Å². The summed E-state index contributed by atoms with van der Waals surface area (Å²) in [6, 6.07) is 23.3. The van der Waals surface area contributed by atoms with Crippen molar-refractivity contribution in [2.75, 3.05) is 0 Å². The molecule has 0 aliphatic carbocycles. The summed E-state index contributed by atoms with van der Waals surface area (Å²) in [4.78, 5) is 0. The Morgan fingerprint density at radius 1 is 0.794 bits per heavy atom. The quantitative estimate of drug-likeness (QED) is 0.296. The number of hydrogen-bond acceptors (Lipinski definition) is 2. The number of rotatable bonds is 9. The van der Waals surface area contributed by atoms with Gasteiger partial charge in [-0.05, 0) is 71.6 Å². The van der Waals surface area contributed by atoms with E-state index in [0.29, 0.717) is 12.2 Å². The van der Waals surface area contributed by atoms with Crippen molar-refractivity contribution in [2.24, 2.45) is 0 Å². The summed E-state index contributed by atoms with van der Waals surface area (Å²) in [5.41, 5.74) is 7.19. The predicted octanol–water partition coefficient (Wildman–Crippen LogP) is 8.06. The smallest absolute Gasteiger partial charge is 0.464 e. The summed E-state index contributed by atoms with van der Waals surface area (Å²) in [6.07, 6.45) is 1.42. The van der Waals surface area contributed by atoms with Gasteiger partial charge >= 0.3 is 6.36 Å². The molecular formula is C29H31F3O2. The molecule has 0 radical (unpaired) electrons. The molecule has 1 heterocycles. The third-order valence-corrected chi connectivity index (χ3v) is 6.31. The zero-order valence-electron chi connectivity index (χ0n) is 19.5. The molecule has 0 fully saturated rings. The number of unbranched alkanes of at least 4 members (excludes halogenated alkanes) is 2. The second kappa shape index (κ2) is 11.1. The van der Waals surface area contributed by atoms with Crippen LogP contribution in [-0.4, -0.2) is 12.7 Å². The summed E-state index contributed by atoms with van der Waals surface area (Å²) in [7, 11) is 0. The SMILES string of the molecule is CCCCCc1ccc(-c2ccc(CCc3ccc4c(c3)CCC(OC(F)(F)F)O4)cc2)cc1. The normalized spacial score (nSPS) is 15.6. The van der Waals surface area contributed by atoms with Crippen LogP contribution in [0.5, 0.6) is 5.75 Å². The fourth-order valence-electron chi connectivity index (χ4n) is 4.40. The molecule has 3 aromatic carbocycles. The molecule has 0 saturated heterocycles. The van der Waals surface area contributed by atoms with Gasteiger partial charge in [0.1, 0.15) is 5.75 Å². The van der Waals surface area contributed by atoms with Gasteiger partial charge in [-0.15, -0.1) is 13.2 Å². The first-order valence-electron chi connectivity index (χ1n) is 12.1. The first kappa shape index (κ1) is 24.3. The zero-order chi connectivity index (χ0) is 24.0. The monoisotopic (exact) mass is 468 g/mol. The largest absolute Gasteiger partial charge is 0.525 e. The molecule has 3 aromatic rings. The summed E-state index contributed by atoms with van der Waals surface area (Å²) in [5, 5.41) is 0. The molecular weight excluding hydrogens is 437 g/mol. The molecule has 1 aliphatic rings. The number of ether oxygens (including phenoxy) is 2. The molecule has 0 N–H and O–H groups in total. The fraction of sp³-hybridized carbons (Fsp3) is 0.379. The molecule has 0 aromatic heterocycles. The highest BCUT2D eigenvalue weighted by atomic mass is 19.4. The number of fused-ring (bicyclic) bond motifs is 1. The van der Waals surface area contributed by atoms with E-state index in [-0.39, 0.29) is 6.42 Å². The molecule has 5 heteroatoms. The van der Waals surface area contributed by atoms with Crippen molar-refractivity contribution in [3.8, 4) is 16.9 Å². The Hall–Kier alpha value is -2.79. The number of alkyl halides is 3. The van der Waals surface area contributed by atoms with E-state index in [1.54, 1.807) is 6.07 Å². The van der Waals surface area contributed by atoms with Gasteiger partial charge in [-0.2, -0.15) is 0 Å². The molecule has 0 amide bonds. The Kier molecular flexibility index (Phi) is 7.94. The van der Waals surface area contributed by atoms with Gasteiger partial charge in [-0.1, -0.05) is 80.4 Å². The van der Waals surface area contributed by atoms with E-state index >= 15 is 0 Å². The highest BCUT2D eigenvalue weighted by Crippen LogP contribution is 2.32. The van der Waals surface area contributed by atoms with Crippen LogP contribution in [0.15, 0.2) is 66.7 Å². The molecule has 0 bridgehead atoms. The summed E-state index contributed by atoms with van der Waals surface area (Å²) in [5.74, 6) is 0.477. The van der Waals surface area contributed by atoms with Crippen molar-refractivity contribution in [1.29, 1.82) is 0 Å². The van der Waals surface area contributed by atoms with Crippen molar-refractivity contribution in [2.45, 2.75) is 70.9 Å². The molecule has 4 rings (SSSR count). The van der Waals surface area contributed by atoms with Gasteiger partial charge in [0.15, 0.2) is 0 Å². The Balaban J connectivity index is 1.31. The van der Waals surface area contributed by atoms with Gasteiger partial charge < -0.3 is 4.74 Å². The van der Waals surface area contributed by atoms with Gasteiger partial charge in [0, 0.05) is 6.42 Å². The maximum atomic E-state index is 12.4. The maximum Gasteiger partial charge on any atom is 0.525 e. The second-order valence-electron chi connectivity index (χ2n) is 8.94. The van der Waals surface area contributed by atoms with Crippen LogP contribution in [0.2, 0.25) is 0 Å². The van der Waals surface area contributed by atoms with Crippen LogP contribution < -0.4 is 4.74 Å². The summed E-state index contributed by atoms with van der Waals surface area (Å²) >= 11 is 0. The van der Waals surface area contributed by atoms with Crippen LogP contribution in [0.4, 0.5) is 13.2 Å². The Morgan fingerprint density at radius 3 is 2.00 bits per heavy atom. The Bertz CT molecular complexity index is 1060. The van der Waals surface area contributed by atoms with E-state index in [4.69, 9.17) is 4.74 Å². The van der Waals surface area contributed by atoms with Crippen molar-refractivity contribution in [3.05, 3.63) is 89.0 Å². The van der Waals surface area contributed by atoms with Crippen LogP contribution in [0.3, 0.4) is 0 Å². The van der Waals surface area contributed by atoms with E-state index in [2.05, 4.69) is 60.2 Å². The van der Waals surface area contributed by atoms with Crippen LogP contribution in [-0.2, 0) is 30.4 Å². The third-order valence-electron chi connectivity index (χ3n) is 6.31. The lowest BCUT2D eigenvalue weighted by Gasteiger charge is -2.26. The number of hydrogen-bond donors (Lipinski definition) is 0. The van der Waals surface area contributed by atoms with Gasteiger partial charge in [0.25, 0.3) is 0 Å². The molecule has 0 spiro atoms. The van der Waals surface area contributed by atoms with Crippen molar-refractivity contribution in [1.82, 2.24) is 0 Å². The summed E-state index contributed by atoms with van der Waals surface area (Å²) in [6.45, 7) is 2.23. The van der Waals surface area contributed by atoms with E-state index < -0.39 is 12.7 Å². The molecule has 2 nitrogen and oxygen atoms in total. The molecule has 1 unspecified atom stereocenters. The maximum absolute atomic E-state index is 12.4. The standard InChI is InChI=1S/C29H31F3O2/c1-2-3-4-5-21-8-13-24(14-9-21)25-15-10-22(11-16-25)6-7-23-12-18-27-26(20-23)17-19-28(33-27)34-29(30,31)32/h8-16,18,20,28H,2-7,17,19H2,1H3. The fourth-order valence-corrected chi connectivity index (χ4v) is 4.40. The molecule has 180 valence electrons. The topological polar surface area (TPSA) is 18.5 Å². The Labute approximate surface area is 199 Å². The van der Waals surface area contributed by atoms with Crippen LogP contribution in [0, 0.1) is 0 Å². The van der Waals surface area contributed by atoms with Crippen molar-refractivity contribution in [3.63, 3.8) is 0 Å². The number of aryl methyl sites for hydroxylation is 4. The third kappa shape index (κ3) is 6.86. The van der Waals surface area contributed by atoms with Crippen LogP contribution in [0.25, 0.3) is 11.1 Å². The summed E-state index contributed by atoms with van der Waals surface area (Å²) < 4.78 is 46.7. The highest BCUT2D eigenvalue weighted by molar-refractivity contribution is 5.64. The lowest BCUT2D eigenvalue weighted by Crippen LogP contribution is -2.31. The molecule has 34 heavy (non-hydrogen) atoms. The van der Waals surface area contributed by atoms with E-state index in [1.807, 2.05) is 12.1 Å². The lowest BCUT2D eigenvalue weighted by molar-refractivity contribution is -0.369. The molecule has 1 atom stereocenters. The lowest BCUT2D eigenvalue weighted by atomic mass is 9.97. The van der Waals surface area contributed by atoms with Gasteiger partial charge in [-0.3, -0.25) is 4.74 Å². The Morgan fingerprint density at radius 2 is 1.38 bits per heavy atom. The van der Waals surface area contributed by atoms with E-state index in [9.17, 15) is 13.2 Å². The first-order chi connectivity index (χ1) is 16.4.